The summed E-state index contributed by atoms with van der Waals surface area (Å²) in [5, 5.41) is 9.68. The quantitative estimate of drug-likeness (QED) is 0.851. The summed E-state index contributed by atoms with van der Waals surface area (Å²) in [5.74, 6) is 0.862. The predicted molar refractivity (Wildman–Crippen MR) is 70.1 cm³/mol. The van der Waals surface area contributed by atoms with E-state index < -0.39 is 6.10 Å². The third-order valence-corrected chi connectivity index (χ3v) is 3.70. The standard InChI is InChI=1S/C14H22N2O/c1-3-14(17)13-8-7-12(9-15-13)16(2)10-11-5-4-6-11/h7-9,11,14,17H,3-6,10H2,1-2H3/t14-/m0/s1. The van der Waals surface area contributed by atoms with Gasteiger partial charge >= 0.3 is 0 Å². The Hall–Kier alpha value is -1.09. The molecule has 3 heteroatoms. The van der Waals surface area contributed by atoms with Gasteiger partial charge in [0.1, 0.15) is 0 Å². The maximum Gasteiger partial charge on any atom is 0.0957 e. The van der Waals surface area contributed by atoms with Gasteiger partial charge in [-0.05, 0) is 37.3 Å². The van der Waals surface area contributed by atoms with Gasteiger partial charge in [0.15, 0.2) is 0 Å². The lowest BCUT2D eigenvalue weighted by Crippen LogP contribution is -2.29. The third-order valence-electron chi connectivity index (χ3n) is 3.70. The van der Waals surface area contributed by atoms with Crippen LogP contribution in [0.5, 0.6) is 0 Å². The second-order valence-electron chi connectivity index (χ2n) is 5.04. The number of hydrogen-bond acceptors (Lipinski definition) is 3. The van der Waals surface area contributed by atoms with Crippen LogP contribution >= 0.6 is 0 Å². The van der Waals surface area contributed by atoms with E-state index in [1.807, 2.05) is 19.2 Å². The van der Waals surface area contributed by atoms with Gasteiger partial charge < -0.3 is 10.0 Å². The van der Waals surface area contributed by atoms with Crippen LogP contribution in [0.4, 0.5) is 5.69 Å². The molecule has 1 fully saturated rings. The van der Waals surface area contributed by atoms with Gasteiger partial charge in [-0.15, -0.1) is 0 Å². The van der Waals surface area contributed by atoms with Crippen molar-refractivity contribution in [1.29, 1.82) is 0 Å². The molecule has 0 aliphatic heterocycles. The van der Waals surface area contributed by atoms with E-state index in [2.05, 4.69) is 23.0 Å². The van der Waals surface area contributed by atoms with E-state index in [9.17, 15) is 5.11 Å². The smallest absolute Gasteiger partial charge is 0.0957 e. The average molecular weight is 234 g/mol. The van der Waals surface area contributed by atoms with Crippen molar-refractivity contribution >= 4 is 5.69 Å². The zero-order valence-corrected chi connectivity index (χ0v) is 10.8. The second-order valence-corrected chi connectivity index (χ2v) is 5.04. The fourth-order valence-corrected chi connectivity index (χ4v) is 2.20. The van der Waals surface area contributed by atoms with Crippen LogP contribution < -0.4 is 4.90 Å². The van der Waals surface area contributed by atoms with E-state index in [4.69, 9.17) is 0 Å². The molecule has 0 amide bonds. The molecule has 1 heterocycles. The fourth-order valence-electron chi connectivity index (χ4n) is 2.20. The zero-order valence-electron chi connectivity index (χ0n) is 10.8. The van der Waals surface area contributed by atoms with Crippen molar-refractivity contribution in [3.8, 4) is 0 Å². The van der Waals surface area contributed by atoms with Crippen molar-refractivity contribution in [2.75, 3.05) is 18.5 Å². The summed E-state index contributed by atoms with van der Waals surface area (Å²) in [4.78, 5) is 6.59. The lowest BCUT2D eigenvalue weighted by molar-refractivity contribution is 0.169. The Balaban J connectivity index is 1.96. The van der Waals surface area contributed by atoms with Crippen LogP contribution in [-0.2, 0) is 0 Å². The molecule has 0 saturated heterocycles. The Morgan fingerprint density at radius 3 is 2.71 bits per heavy atom. The van der Waals surface area contributed by atoms with Gasteiger partial charge in [-0.2, -0.15) is 0 Å². The Bertz CT molecular complexity index is 346. The summed E-state index contributed by atoms with van der Waals surface area (Å²) in [6.07, 6.45) is 6.27. The molecule has 3 nitrogen and oxygen atoms in total. The molecule has 17 heavy (non-hydrogen) atoms. The molecular weight excluding hydrogens is 212 g/mol. The summed E-state index contributed by atoms with van der Waals surface area (Å²) in [6, 6.07) is 3.99. The summed E-state index contributed by atoms with van der Waals surface area (Å²) in [6.45, 7) is 3.08. The van der Waals surface area contributed by atoms with Crippen molar-refractivity contribution in [3.63, 3.8) is 0 Å². The van der Waals surface area contributed by atoms with E-state index in [1.54, 1.807) is 0 Å². The van der Waals surface area contributed by atoms with Gasteiger partial charge in [-0.1, -0.05) is 13.3 Å². The first-order valence-electron chi connectivity index (χ1n) is 6.56. The minimum Gasteiger partial charge on any atom is -0.387 e. The highest BCUT2D eigenvalue weighted by molar-refractivity contribution is 5.43. The highest BCUT2D eigenvalue weighted by Gasteiger charge is 2.19. The highest BCUT2D eigenvalue weighted by atomic mass is 16.3. The minimum atomic E-state index is -0.430. The summed E-state index contributed by atoms with van der Waals surface area (Å²) >= 11 is 0. The molecule has 1 aliphatic rings. The lowest BCUT2D eigenvalue weighted by atomic mass is 9.85. The predicted octanol–water partition coefficient (Wildman–Crippen LogP) is 2.76. The van der Waals surface area contributed by atoms with Crippen molar-refractivity contribution in [3.05, 3.63) is 24.0 Å². The van der Waals surface area contributed by atoms with Crippen LogP contribution in [-0.4, -0.2) is 23.7 Å². The number of rotatable bonds is 5. The molecule has 1 aromatic rings. The summed E-state index contributed by atoms with van der Waals surface area (Å²) in [7, 11) is 2.12. The largest absolute Gasteiger partial charge is 0.387 e. The molecule has 1 aromatic heterocycles. The molecule has 1 N–H and O–H groups in total. The minimum absolute atomic E-state index is 0.430. The topological polar surface area (TPSA) is 36.4 Å². The molecule has 0 aromatic carbocycles. The van der Waals surface area contributed by atoms with Crippen molar-refractivity contribution in [1.82, 2.24) is 4.98 Å². The Morgan fingerprint density at radius 1 is 1.47 bits per heavy atom. The number of nitrogens with zero attached hydrogens (tertiary/aromatic N) is 2. The second kappa shape index (κ2) is 5.50. The van der Waals surface area contributed by atoms with Crippen LogP contribution in [0.15, 0.2) is 18.3 Å². The van der Waals surface area contributed by atoms with Gasteiger partial charge in [0.2, 0.25) is 0 Å². The molecule has 2 rings (SSSR count). The summed E-state index contributed by atoms with van der Waals surface area (Å²) < 4.78 is 0. The van der Waals surface area contributed by atoms with E-state index in [-0.39, 0.29) is 0 Å². The number of anilines is 1. The fraction of sp³-hybridized carbons (Fsp3) is 0.643. The number of aliphatic hydroxyl groups excluding tert-OH is 1. The van der Waals surface area contributed by atoms with Crippen LogP contribution in [0.3, 0.4) is 0 Å². The normalized spacial score (nSPS) is 17.6. The van der Waals surface area contributed by atoms with Crippen molar-refractivity contribution in [2.45, 2.75) is 38.7 Å². The van der Waals surface area contributed by atoms with E-state index >= 15 is 0 Å². The van der Waals surface area contributed by atoms with Crippen molar-refractivity contribution < 1.29 is 5.11 Å². The SMILES string of the molecule is CC[C@H](O)c1ccc(N(C)CC2CCC2)cn1. The molecular formula is C14H22N2O. The third kappa shape index (κ3) is 2.97. The van der Waals surface area contributed by atoms with Gasteiger partial charge in [-0.25, -0.2) is 0 Å². The number of aliphatic hydroxyl groups is 1. The molecule has 0 bridgehead atoms. The monoisotopic (exact) mass is 234 g/mol. The first-order chi connectivity index (χ1) is 8.20. The molecule has 1 aliphatic carbocycles. The van der Waals surface area contributed by atoms with E-state index in [1.165, 1.54) is 19.3 Å². The lowest BCUT2D eigenvalue weighted by Gasteiger charge is -2.31. The van der Waals surface area contributed by atoms with Gasteiger partial charge in [0, 0.05) is 13.6 Å². The first-order valence-corrected chi connectivity index (χ1v) is 6.56. The van der Waals surface area contributed by atoms with Crippen LogP contribution in [0.25, 0.3) is 0 Å². The Labute approximate surface area is 103 Å². The first kappa shape index (κ1) is 12.4. The molecule has 0 radical (unpaired) electrons. The van der Waals surface area contributed by atoms with E-state index in [0.29, 0.717) is 6.42 Å². The molecule has 1 atom stereocenters. The Kier molecular flexibility index (Phi) is 4.00. The average Bonchev–Trinajstić information content (AvgIpc) is 2.32. The van der Waals surface area contributed by atoms with Gasteiger partial charge in [-0.3, -0.25) is 4.98 Å². The Morgan fingerprint density at radius 2 is 2.24 bits per heavy atom. The molecule has 0 unspecified atom stereocenters. The van der Waals surface area contributed by atoms with Crippen LogP contribution in [0.2, 0.25) is 0 Å². The number of pyridine rings is 1. The maximum atomic E-state index is 9.68. The van der Waals surface area contributed by atoms with Crippen LogP contribution in [0, 0.1) is 5.92 Å². The van der Waals surface area contributed by atoms with Gasteiger partial charge in [0.25, 0.3) is 0 Å². The number of aromatic nitrogens is 1. The van der Waals surface area contributed by atoms with Crippen molar-refractivity contribution in [2.24, 2.45) is 5.92 Å². The van der Waals surface area contributed by atoms with E-state index in [0.717, 1.165) is 23.8 Å². The molecule has 1 saturated carbocycles. The number of hydrogen-bond donors (Lipinski definition) is 1. The maximum absolute atomic E-state index is 9.68. The highest BCUT2D eigenvalue weighted by Crippen LogP contribution is 2.28. The zero-order chi connectivity index (χ0) is 12.3. The summed E-state index contributed by atoms with van der Waals surface area (Å²) in [5.41, 5.74) is 1.91. The van der Waals surface area contributed by atoms with Crippen LogP contribution in [0.1, 0.15) is 44.4 Å². The van der Waals surface area contributed by atoms with Gasteiger partial charge in [0.05, 0.1) is 23.7 Å². The molecule has 0 spiro atoms. The molecule has 94 valence electrons.